The van der Waals surface area contributed by atoms with Gasteiger partial charge in [-0.15, -0.1) is 11.6 Å². The summed E-state index contributed by atoms with van der Waals surface area (Å²) in [6.07, 6.45) is 5.16. The van der Waals surface area contributed by atoms with E-state index in [1.165, 1.54) is 5.57 Å². The van der Waals surface area contributed by atoms with Crippen LogP contribution in [0.2, 0.25) is 0 Å². The summed E-state index contributed by atoms with van der Waals surface area (Å²) in [5.41, 5.74) is 4.32. The number of carbonyl (C=O) groups excluding carboxylic acids is 1. The standard InChI is InChI=1S/C24H25ClN2O3/c1-29-19-10-6-16(7-11-19)14-18-4-3-5-21-23(18)26-27(22(28)15-25)24(21)17-8-12-20(30-2)13-9-17/h6-14,21,24H,3-5,15H2,1-2H3/b18-14+/t21-,24+/m0/s1. The molecule has 5 nitrogen and oxygen atoms in total. The number of allylic oxidation sites excluding steroid dienone is 1. The van der Waals surface area contributed by atoms with Crippen LogP contribution in [-0.4, -0.2) is 36.7 Å². The van der Waals surface area contributed by atoms with E-state index < -0.39 is 0 Å². The number of amides is 1. The van der Waals surface area contributed by atoms with E-state index in [0.717, 1.165) is 47.6 Å². The lowest BCUT2D eigenvalue weighted by Crippen LogP contribution is -2.32. The van der Waals surface area contributed by atoms with E-state index in [4.69, 9.17) is 26.2 Å². The molecule has 4 rings (SSSR count). The fraction of sp³-hybridized carbons (Fsp3) is 0.333. The van der Waals surface area contributed by atoms with E-state index in [2.05, 4.69) is 6.08 Å². The molecule has 0 spiro atoms. The molecule has 2 atom stereocenters. The minimum Gasteiger partial charge on any atom is -0.497 e. The van der Waals surface area contributed by atoms with E-state index >= 15 is 0 Å². The Balaban J connectivity index is 1.69. The van der Waals surface area contributed by atoms with E-state index in [0.29, 0.717) is 0 Å². The van der Waals surface area contributed by atoms with Gasteiger partial charge in [0.1, 0.15) is 17.4 Å². The fourth-order valence-electron chi connectivity index (χ4n) is 4.30. The van der Waals surface area contributed by atoms with Crippen LogP contribution < -0.4 is 9.47 Å². The SMILES string of the molecule is COc1ccc(/C=C2\CCC[C@H]3C2=NN(C(=O)CCl)[C@@H]3c2ccc(OC)cc2)cc1. The van der Waals surface area contributed by atoms with Crippen LogP contribution in [0.5, 0.6) is 11.5 Å². The van der Waals surface area contributed by atoms with Crippen molar-refractivity contribution in [3.05, 3.63) is 65.2 Å². The first-order chi connectivity index (χ1) is 14.6. The van der Waals surface area contributed by atoms with Crippen LogP contribution in [0.3, 0.4) is 0 Å². The van der Waals surface area contributed by atoms with Crippen molar-refractivity contribution in [3.8, 4) is 11.5 Å². The predicted molar refractivity (Wildman–Crippen MR) is 119 cm³/mol. The first-order valence-corrected chi connectivity index (χ1v) is 10.6. The number of rotatable bonds is 5. The van der Waals surface area contributed by atoms with E-state index in [1.807, 2.05) is 48.5 Å². The summed E-state index contributed by atoms with van der Waals surface area (Å²) >= 11 is 5.92. The second-order valence-electron chi connectivity index (χ2n) is 7.52. The van der Waals surface area contributed by atoms with Crippen LogP contribution in [-0.2, 0) is 4.79 Å². The Hall–Kier alpha value is -2.79. The summed E-state index contributed by atoms with van der Waals surface area (Å²) in [7, 11) is 3.31. The van der Waals surface area contributed by atoms with Crippen LogP contribution in [0.1, 0.15) is 36.4 Å². The van der Waals surface area contributed by atoms with Crippen LogP contribution in [0, 0.1) is 5.92 Å². The van der Waals surface area contributed by atoms with Gasteiger partial charge in [0.05, 0.1) is 26.0 Å². The maximum absolute atomic E-state index is 12.6. The zero-order valence-corrected chi connectivity index (χ0v) is 17.9. The molecule has 1 aliphatic heterocycles. The third-order valence-corrected chi connectivity index (χ3v) is 6.01. The Morgan fingerprint density at radius 2 is 1.73 bits per heavy atom. The highest BCUT2D eigenvalue weighted by Gasteiger charge is 2.43. The minimum atomic E-state index is -0.178. The van der Waals surface area contributed by atoms with Gasteiger partial charge in [-0.2, -0.15) is 5.10 Å². The van der Waals surface area contributed by atoms with Crippen molar-refractivity contribution in [2.24, 2.45) is 11.0 Å². The van der Waals surface area contributed by atoms with Crippen LogP contribution in [0.25, 0.3) is 6.08 Å². The third kappa shape index (κ3) is 3.94. The van der Waals surface area contributed by atoms with Gasteiger partial charge >= 0.3 is 0 Å². The molecule has 0 N–H and O–H groups in total. The Bertz CT molecular complexity index is 967. The molecule has 0 radical (unpaired) electrons. The number of nitrogens with zero attached hydrogens (tertiary/aromatic N) is 2. The Kier molecular flexibility index (Phi) is 6.09. The number of ether oxygens (including phenoxy) is 2. The summed E-state index contributed by atoms with van der Waals surface area (Å²) < 4.78 is 10.5. The smallest absolute Gasteiger partial charge is 0.258 e. The van der Waals surface area contributed by atoms with Crippen molar-refractivity contribution < 1.29 is 14.3 Å². The van der Waals surface area contributed by atoms with E-state index in [9.17, 15) is 4.79 Å². The van der Waals surface area contributed by atoms with Gasteiger partial charge in [-0.3, -0.25) is 4.79 Å². The average molecular weight is 425 g/mol. The van der Waals surface area contributed by atoms with Crippen molar-refractivity contribution in [3.63, 3.8) is 0 Å². The fourth-order valence-corrected chi connectivity index (χ4v) is 4.43. The highest BCUT2D eigenvalue weighted by molar-refractivity contribution is 6.27. The molecular formula is C24H25ClN2O3. The van der Waals surface area contributed by atoms with Crippen molar-refractivity contribution >= 4 is 29.3 Å². The lowest BCUT2D eigenvalue weighted by molar-refractivity contribution is -0.130. The Morgan fingerprint density at radius 3 is 2.33 bits per heavy atom. The first-order valence-electron chi connectivity index (χ1n) is 10.1. The number of methoxy groups -OCH3 is 2. The van der Waals surface area contributed by atoms with Gasteiger partial charge in [0, 0.05) is 5.92 Å². The zero-order valence-electron chi connectivity index (χ0n) is 17.2. The molecule has 6 heteroatoms. The number of fused-ring (bicyclic) bond motifs is 1. The topological polar surface area (TPSA) is 51.1 Å². The van der Waals surface area contributed by atoms with E-state index in [-0.39, 0.29) is 23.7 Å². The zero-order chi connectivity index (χ0) is 21.1. The number of hydrogen-bond donors (Lipinski definition) is 0. The number of halogens is 1. The molecule has 1 amide bonds. The van der Waals surface area contributed by atoms with Crippen molar-refractivity contribution in [2.45, 2.75) is 25.3 Å². The summed E-state index contributed by atoms with van der Waals surface area (Å²) in [5, 5.41) is 6.37. The number of hydrazone groups is 1. The molecule has 2 aromatic rings. The monoisotopic (exact) mass is 424 g/mol. The summed E-state index contributed by atoms with van der Waals surface area (Å²) in [4.78, 5) is 12.6. The molecule has 0 bridgehead atoms. The van der Waals surface area contributed by atoms with Crippen molar-refractivity contribution in [1.29, 1.82) is 0 Å². The first kappa shape index (κ1) is 20.5. The second-order valence-corrected chi connectivity index (χ2v) is 7.78. The van der Waals surface area contributed by atoms with E-state index in [1.54, 1.807) is 19.2 Å². The number of carbonyl (C=O) groups is 1. The second kappa shape index (κ2) is 8.92. The van der Waals surface area contributed by atoms with Gasteiger partial charge < -0.3 is 9.47 Å². The number of hydrogen-bond acceptors (Lipinski definition) is 4. The predicted octanol–water partition coefficient (Wildman–Crippen LogP) is 5.07. The number of alkyl halides is 1. The van der Waals surface area contributed by atoms with Gasteiger partial charge in [0.25, 0.3) is 5.91 Å². The maximum Gasteiger partial charge on any atom is 0.258 e. The Labute approximate surface area is 181 Å². The molecule has 0 saturated heterocycles. The molecule has 0 unspecified atom stereocenters. The molecule has 156 valence electrons. The highest BCUT2D eigenvalue weighted by atomic mass is 35.5. The van der Waals surface area contributed by atoms with Crippen molar-refractivity contribution in [2.75, 3.05) is 20.1 Å². The van der Waals surface area contributed by atoms with Gasteiger partial charge in [0.2, 0.25) is 0 Å². The molecule has 1 aliphatic carbocycles. The minimum absolute atomic E-state index is 0.0896. The molecule has 1 fully saturated rings. The number of benzene rings is 2. The molecule has 2 aliphatic rings. The largest absolute Gasteiger partial charge is 0.497 e. The summed E-state index contributed by atoms with van der Waals surface area (Å²) in [6.45, 7) is 0. The maximum atomic E-state index is 12.6. The molecule has 2 aromatic carbocycles. The average Bonchev–Trinajstić information content (AvgIpc) is 3.20. The Morgan fingerprint density at radius 1 is 1.10 bits per heavy atom. The van der Waals surface area contributed by atoms with Crippen LogP contribution in [0.4, 0.5) is 0 Å². The lowest BCUT2D eigenvalue weighted by atomic mass is 9.77. The van der Waals surface area contributed by atoms with Crippen molar-refractivity contribution in [1.82, 2.24) is 5.01 Å². The van der Waals surface area contributed by atoms with Gasteiger partial charge in [-0.05, 0) is 66.3 Å². The third-order valence-electron chi connectivity index (χ3n) is 5.79. The molecule has 1 heterocycles. The normalized spacial score (nSPS) is 21.9. The van der Waals surface area contributed by atoms with Crippen LogP contribution in [0.15, 0.2) is 59.2 Å². The van der Waals surface area contributed by atoms with Gasteiger partial charge in [-0.25, -0.2) is 5.01 Å². The molecule has 30 heavy (non-hydrogen) atoms. The lowest BCUT2D eigenvalue weighted by Gasteiger charge is -2.29. The van der Waals surface area contributed by atoms with Gasteiger partial charge in [-0.1, -0.05) is 24.3 Å². The van der Waals surface area contributed by atoms with Gasteiger partial charge in [0.15, 0.2) is 0 Å². The quantitative estimate of drug-likeness (QED) is 0.630. The van der Waals surface area contributed by atoms with Crippen LogP contribution >= 0.6 is 11.6 Å². The molecule has 0 aromatic heterocycles. The highest BCUT2D eigenvalue weighted by Crippen LogP contribution is 2.44. The molecular weight excluding hydrogens is 400 g/mol. The summed E-state index contributed by atoms with van der Waals surface area (Å²) in [5.74, 6) is 1.51. The summed E-state index contributed by atoms with van der Waals surface area (Å²) in [6, 6.07) is 15.7. The molecule has 1 saturated carbocycles.